The predicted molar refractivity (Wildman–Crippen MR) is 68.8 cm³/mol. The van der Waals surface area contributed by atoms with Gasteiger partial charge in [0.05, 0.1) is 12.7 Å². The van der Waals surface area contributed by atoms with Crippen LogP contribution in [0.4, 0.5) is 4.79 Å². The standard InChI is InChI=1S/C13H23NO5/c1-5-17-11(15)8-18-10-6-9(7-10)14-12(16)19-13(2,3)4/h9-10H,5-8H2,1-4H3,(H,14,16). The van der Waals surface area contributed by atoms with Gasteiger partial charge in [0.15, 0.2) is 0 Å². The summed E-state index contributed by atoms with van der Waals surface area (Å²) in [6.07, 6.45) is 0.975. The van der Waals surface area contributed by atoms with E-state index in [2.05, 4.69) is 5.32 Å². The molecule has 1 fully saturated rings. The smallest absolute Gasteiger partial charge is 0.407 e. The van der Waals surface area contributed by atoms with E-state index in [-0.39, 0.29) is 24.7 Å². The normalized spacial score (nSPS) is 22.3. The number of ether oxygens (including phenoxy) is 3. The highest BCUT2D eigenvalue weighted by molar-refractivity contribution is 5.70. The Morgan fingerprint density at radius 1 is 1.26 bits per heavy atom. The number of carbonyl (C=O) groups is 2. The van der Waals surface area contributed by atoms with E-state index in [1.54, 1.807) is 6.92 Å². The van der Waals surface area contributed by atoms with E-state index in [1.165, 1.54) is 0 Å². The fourth-order valence-corrected chi connectivity index (χ4v) is 1.68. The lowest BCUT2D eigenvalue weighted by Gasteiger charge is -2.35. The number of hydrogen-bond acceptors (Lipinski definition) is 5. The van der Waals surface area contributed by atoms with Gasteiger partial charge in [-0.05, 0) is 40.5 Å². The first-order chi connectivity index (χ1) is 8.80. The number of alkyl carbamates (subject to hydrolysis) is 1. The summed E-state index contributed by atoms with van der Waals surface area (Å²) >= 11 is 0. The lowest BCUT2D eigenvalue weighted by molar-refractivity contribution is -0.152. The zero-order valence-corrected chi connectivity index (χ0v) is 12.0. The van der Waals surface area contributed by atoms with Gasteiger partial charge in [-0.15, -0.1) is 0 Å². The molecule has 1 amide bonds. The summed E-state index contributed by atoms with van der Waals surface area (Å²) in [6.45, 7) is 7.53. The highest BCUT2D eigenvalue weighted by atomic mass is 16.6. The quantitative estimate of drug-likeness (QED) is 0.770. The number of rotatable bonds is 5. The molecule has 0 spiro atoms. The molecule has 1 rings (SSSR count). The van der Waals surface area contributed by atoms with Gasteiger partial charge in [0.25, 0.3) is 0 Å². The van der Waals surface area contributed by atoms with Crippen LogP contribution in [-0.2, 0) is 19.0 Å². The van der Waals surface area contributed by atoms with Crippen LogP contribution in [-0.4, -0.2) is 43.0 Å². The Labute approximate surface area is 113 Å². The molecule has 1 aliphatic carbocycles. The molecule has 0 atom stereocenters. The summed E-state index contributed by atoms with van der Waals surface area (Å²) in [5.74, 6) is -0.356. The Morgan fingerprint density at radius 3 is 2.42 bits per heavy atom. The van der Waals surface area contributed by atoms with E-state index in [4.69, 9.17) is 14.2 Å². The van der Waals surface area contributed by atoms with E-state index >= 15 is 0 Å². The highest BCUT2D eigenvalue weighted by Crippen LogP contribution is 2.23. The maximum atomic E-state index is 11.5. The molecule has 6 heteroatoms. The zero-order valence-electron chi connectivity index (χ0n) is 12.0. The Hall–Kier alpha value is -1.30. The summed E-state index contributed by atoms with van der Waals surface area (Å²) in [5, 5.41) is 2.76. The number of esters is 1. The van der Waals surface area contributed by atoms with Crippen LogP contribution >= 0.6 is 0 Å². The maximum absolute atomic E-state index is 11.5. The van der Waals surface area contributed by atoms with Gasteiger partial charge in [-0.1, -0.05) is 0 Å². The van der Waals surface area contributed by atoms with Crippen LogP contribution in [0.15, 0.2) is 0 Å². The minimum atomic E-state index is -0.492. The van der Waals surface area contributed by atoms with Crippen LogP contribution in [0.2, 0.25) is 0 Å². The minimum absolute atomic E-state index is 0.00402. The van der Waals surface area contributed by atoms with Gasteiger partial charge in [0.1, 0.15) is 12.2 Å². The van der Waals surface area contributed by atoms with Crippen LogP contribution in [0.25, 0.3) is 0 Å². The zero-order chi connectivity index (χ0) is 14.5. The van der Waals surface area contributed by atoms with Crippen molar-refractivity contribution in [1.82, 2.24) is 5.32 Å². The molecular weight excluding hydrogens is 250 g/mol. The van der Waals surface area contributed by atoms with Gasteiger partial charge in [0.2, 0.25) is 0 Å². The van der Waals surface area contributed by atoms with Gasteiger partial charge in [-0.3, -0.25) is 0 Å². The molecule has 19 heavy (non-hydrogen) atoms. The molecule has 0 aromatic carbocycles. The minimum Gasteiger partial charge on any atom is -0.464 e. The Kier molecular flexibility index (Phi) is 5.60. The molecule has 0 saturated heterocycles. The van der Waals surface area contributed by atoms with E-state index < -0.39 is 11.7 Å². The third-order valence-electron chi connectivity index (χ3n) is 2.56. The Morgan fingerprint density at radius 2 is 1.89 bits per heavy atom. The van der Waals surface area contributed by atoms with Crippen molar-refractivity contribution >= 4 is 12.1 Å². The molecule has 1 aliphatic rings. The second kappa shape index (κ2) is 6.75. The molecule has 0 aromatic rings. The monoisotopic (exact) mass is 273 g/mol. The lowest BCUT2D eigenvalue weighted by atomic mass is 9.89. The van der Waals surface area contributed by atoms with Crippen molar-refractivity contribution in [2.24, 2.45) is 0 Å². The highest BCUT2D eigenvalue weighted by Gasteiger charge is 2.32. The van der Waals surface area contributed by atoms with Crippen molar-refractivity contribution in [3.05, 3.63) is 0 Å². The summed E-state index contributed by atoms with van der Waals surface area (Å²) in [5.41, 5.74) is -0.492. The third-order valence-corrected chi connectivity index (χ3v) is 2.56. The van der Waals surface area contributed by atoms with Gasteiger partial charge in [-0.25, -0.2) is 9.59 Å². The van der Waals surface area contributed by atoms with Crippen LogP contribution in [0.5, 0.6) is 0 Å². The number of carbonyl (C=O) groups excluding carboxylic acids is 2. The fourth-order valence-electron chi connectivity index (χ4n) is 1.68. The first-order valence-corrected chi connectivity index (χ1v) is 6.57. The summed E-state index contributed by atoms with van der Waals surface area (Å²) in [6, 6.07) is 0.0574. The van der Waals surface area contributed by atoms with Gasteiger partial charge < -0.3 is 19.5 Å². The molecule has 110 valence electrons. The van der Waals surface area contributed by atoms with Crippen molar-refractivity contribution in [1.29, 1.82) is 0 Å². The fraction of sp³-hybridized carbons (Fsp3) is 0.846. The SMILES string of the molecule is CCOC(=O)COC1CC(NC(=O)OC(C)(C)C)C1. The van der Waals surface area contributed by atoms with Gasteiger partial charge in [-0.2, -0.15) is 0 Å². The molecule has 0 bridgehead atoms. The van der Waals surface area contributed by atoms with Gasteiger partial charge in [0, 0.05) is 6.04 Å². The predicted octanol–water partition coefficient (Wildman–Crippen LogP) is 1.62. The number of nitrogens with one attached hydrogen (secondary N) is 1. The van der Waals surface area contributed by atoms with Crippen LogP contribution in [0, 0.1) is 0 Å². The average molecular weight is 273 g/mol. The van der Waals surface area contributed by atoms with Crippen LogP contribution in [0.1, 0.15) is 40.5 Å². The van der Waals surface area contributed by atoms with Crippen molar-refractivity contribution in [3.63, 3.8) is 0 Å². The third kappa shape index (κ3) is 6.42. The maximum Gasteiger partial charge on any atom is 0.407 e. The molecule has 6 nitrogen and oxygen atoms in total. The summed E-state index contributed by atoms with van der Waals surface area (Å²) < 4.78 is 15.2. The van der Waals surface area contributed by atoms with E-state index in [0.29, 0.717) is 19.4 Å². The molecule has 0 aliphatic heterocycles. The molecule has 1 N–H and O–H groups in total. The molecule has 0 unspecified atom stereocenters. The Bertz CT molecular complexity index is 317. The van der Waals surface area contributed by atoms with Crippen molar-refractivity contribution < 1.29 is 23.8 Å². The van der Waals surface area contributed by atoms with E-state index in [9.17, 15) is 9.59 Å². The first kappa shape index (κ1) is 15.8. The van der Waals surface area contributed by atoms with Crippen molar-refractivity contribution in [3.8, 4) is 0 Å². The van der Waals surface area contributed by atoms with Crippen molar-refractivity contribution in [2.75, 3.05) is 13.2 Å². The van der Waals surface area contributed by atoms with Gasteiger partial charge >= 0.3 is 12.1 Å². The lowest BCUT2D eigenvalue weighted by Crippen LogP contribution is -2.49. The topological polar surface area (TPSA) is 73.9 Å². The second-order valence-corrected chi connectivity index (χ2v) is 5.55. The average Bonchev–Trinajstić information content (AvgIpc) is 2.18. The first-order valence-electron chi connectivity index (χ1n) is 6.57. The number of amides is 1. The van der Waals surface area contributed by atoms with Crippen molar-refractivity contribution in [2.45, 2.75) is 58.3 Å². The van der Waals surface area contributed by atoms with E-state index in [1.807, 2.05) is 20.8 Å². The molecule has 0 aromatic heterocycles. The molecule has 0 radical (unpaired) electrons. The number of hydrogen-bond donors (Lipinski definition) is 1. The molecular formula is C13H23NO5. The largest absolute Gasteiger partial charge is 0.464 e. The van der Waals surface area contributed by atoms with E-state index in [0.717, 1.165) is 0 Å². The summed E-state index contributed by atoms with van der Waals surface area (Å²) in [7, 11) is 0. The van der Waals surface area contributed by atoms with Crippen LogP contribution < -0.4 is 5.32 Å². The van der Waals surface area contributed by atoms with Crippen LogP contribution in [0.3, 0.4) is 0 Å². The molecule has 0 heterocycles. The second-order valence-electron chi connectivity index (χ2n) is 5.55. The Balaban J connectivity index is 2.10. The summed E-state index contributed by atoms with van der Waals surface area (Å²) in [4.78, 5) is 22.5. The molecule has 1 saturated carbocycles.